The minimum Gasteiger partial charge on any atom is -0.553 e. The van der Waals surface area contributed by atoms with Crippen molar-refractivity contribution in [1.82, 2.24) is 0 Å². The molecule has 0 N–H and O–H groups in total. The summed E-state index contributed by atoms with van der Waals surface area (Å²) in [6, 6.07) is 0. The molecule has 0 rings (SSSR count). The van der Waals surface area contributed by atoms with Gasteiger partial charge in [-0.15, -0.1) is 239 Å². The second-order valence-corrected chi connectivity index (χ2v) is 240. The van der Waals surface area contributed by atoms with Crippen molar-refractivity contribution in [3.8, 4) is 0 Å². The minimum absolute atomic E-state index is 0.185. The van der Waals surface area contributed by atoms with Crippen LogP contribution in [0.3, 0.4) is 0 Å². The molecule has 57 heteroatoms. The van der Waals surface area contributed by atoms with Crippen molar-refractivity contribution in [2.24, 2.45) is 0 Å². The van der Waals surface area contributed by atoms with Gasteiger partial charge in [0.15, 0.2) is 0 Å². The SMILES string of the molecule is [PH-]PP(P([PH-])[PH-])P(P(P)P)P(P(P(P(P)P)P(P)P)P(P(P)P)P(P)P)P(P(P(P(P)P)P(P)P)P(P(P)P)P(P)P)P(P(P(P)P)P(P)P)P(P(P)P)P(P)P. The van der Waals surface area contributed by atoms with Crippen molar-refractivity contribution in [2.45, 2.75) is 0 Å². The summed E-state index contributed by atoms with van der Waals surface area (Å²) in [5, 5.41) is 0. The van der Waals surface area contributed by atoms with Gasteiger partial charge in [-0.05, 0) is 175 Å². The Hall–Kier alpha value is 24.5. The van der Waals surface area contributed by atoms with Crippen molar-refractivity contribution < 1.29 is 0 Å². The summed E-state index contributed by atoms with van der Waals surface area (Å²) < 4.78 is 0. The van der Waals surface area contributed by atoms with Crippen molar-refractivity contribution in [3.05, 3.63) is 0 Å². The summed E-state index contributed by atoms with van der Waals surface area (Å²) in [6.07, 6.45) is 0. The number of hydrogen-bond acceptors (Lipinski definition) is 0. The first-order chi connectivity index (χ1) is 25.9. The van der Waals surface area contributed by atoms with Gasteiger partial charge in [0.25, 0.3) is 0 Å². The predicted molar refractivity (Wildman–Crippen MR) is 473 cm³/mol. The molecule has 0 aromatic carbocycles. The summed E-state index contributed by atoms with van der Waals surface area (Å²) in [7, 11) is 106. The van der Waals surface area contributed by atoms with Gasteiger partial charge in [0, 0.05) is 0 Å². The number of rotatable bonds is 27. The van der Waals surface area contributed by atoms with E-state index in [9.17, 15) is 0 Å². The Kier molecular flexibility index (Phi) is 64.2. The third-order valence-electron chi connectivity index (χ3n) is 4.90. The second-order valence-electron chi connectivity index (χ2n) is 8.87. The molecule has 0 aromatic heterocycles. The fourth-order valence-electron chi connectivity index (χ4n) is 3.34. The zero-order chi connectivity index (χ0) is 45.3. The average Bonchev–Trinajstić information content (AvgIpc) is 2.99. The molecule has 0 saturated heterocycles. The Bertz CT molecular complexity index is 863. The Morgan fingerprint density at radius 3 is 0.439 bits per heavy atom. The van der Waals surface area contributed by atoms with E-state index in [2.05, 4.69) is 259 Å². The van der Waals surface area contributed by atoms with Gasteiger partial charge in [-0.2, -0.15) is 0 Å². The molecule has 0 spiro atoms. The molecular formula is H56P57-3. The fourth-order valence-corrected chi connectivity index (χ4v) is 811. The second kappa shape index (κ2) is 44.9. The third-order valence-corrected chi connectivity index (χ3v) is 397. The van der Waals surface area contributed by atoms with Crippen LogP contribution in [-0.4, -0.2) is 0 Å². The van der Waals surface area contributed by atoms with Crippen LogP contribution in [0.5, 0.6) is 0 Å². The summed E-state index contributed by atoms with van der Waals surface area (Å²) in [5.74, 6) is 0. The molecule has 0 radical (unpaired) electrons. The molecule has 57 heavy (non-hydrogen) atoms. The van der Waals surface area contributed by atoms with E-state index in [1.807, 2.05) is 0 Å². The molecule has 0 aliphatic rings. The average molecular weight is 1820 g/mol. The predicted octanol–water partition coefficient (Wildman–Crippen LogP) is 34.1. The molecule has 0 bridgehead atoms. The molecule has 0 nitrogen and oxygen atoms in total. The van der Waals surface area contributed by atoms with Gasteiger partial charge >= 0.3 is 0 Å². The van der Waals surface area contributed by atoms with Gasteiger partial charge < -0.3 is 33.8 Å². The normalized spacial score (nSPS) is 16.2. The Balaban J connectivity index is 10.3. The van der Waals surface area contributed by atoms with E-state index < -0.39 is 6.99 Å². The van der Waals surface area contributed by atoms with Crippen LogP contribution >= 0.6 is 456 Å². The Labute approximate surface area is 448 Å². The molecule has 0 aliphatic heterocycles. The van der Waals surface area contributed by atoms with Crippen molar-refractivity contribution >= 4 is 456 Å². The van der Waals surface area contributed by atoms with E-state index in [0.717, 1.165) is 7.96 Å². The van der Waals surface area contributed by atoms with E-state index in [1.54, 1.807) is 0 Å². The highest BCUT2D eigenvalue weighted by Gasteiger charge is 2.59. The van der Waals surface area contributed by atoms with Crippen LogP contribution in [0.25, 0.3) is 0 Å². The van der Waals surface area contributed by atoms with Gasteiger partial charge in [-0.3, -0.25) is 7.96 Å². The van der Waals surface area contributed by atoms with Crippen LogP contribution in [-0.2, 0) is 0 Å². The van der Waals surface area contributed by atoms with Crippen LogP contribution < -0.4 is 0 Å². The van der Waals surface area contributed by atoms with Crippen molar-refractivity contribution in [1.29, 1.82) is 0 Å². The molecule has 0 heterocycles. The van der Waals surface area contributed by atoms with Crippen LogP contribution in [0, 0.1) is 0 Å². The first kappa shape index (κ1) is 81.5. The molecule has 0 saturated carbocycles. The molecule has 30 unspecified atom stereocenters. The molecule has 0 amide bonds. The van der Waals surface area contributed by atoms with E-state index in [-0.39, 0.29) is 182 Å². The lowest BCUT2D eigenvalue weighted by Gasteiger charge is -2.61. The maximum Gasteiger partial charge on any atom is -0.0000168 e. The van der Waals surface area contributed by atoms with E-state index in [1.165, 1.54) is 0 Å². The van der Waals surface area contributed by atoms with Crippen LogP contribution in [0.15, 0.2) is 0 Å². The third kappa shape index (κ3) is 29.1. The standard InChI is InChI=1S/H56P57/c1-30-45(31(2)3)52(44(28)29)56(53(46(32(4)5)33(6)7)47(34(8)9)35(10)11)57(54(48(36(12)13)37(14)15)49(38(16)17)39(18)19)55(50(40(20)21)41(22)23)51(42(24)25)43(26)27/h1-3,30H,4-29H2/q-3. The topological polar surface area (TPSA) is 0 Å². The zero-order valence-corrected chi connectivity index (χ0v) is 87.3. The molecule has 344 valence electrons. The summed E-state index contributed by atoms with van der Waals surface area (Å²) in [4.78, 5) is 0. The lowest BCUT2D eigenvalue weighted by Crippen LogP contribution is -1.72. The highest BCUT2D eigenvalue weighted by Crippen LogP contribution is 3.47. The monoisotopic (exact) mass is 1820 g/mol. The Morgan fingerprint density at radius 1 is 0.211 bits per heavy atom. The smallest absolute Gasteiger partial charge is 0.0000168 e. The van der Waals surface area contributed by atoms with Crippen LogP contribution in [0.1, 0.15) is 0 Å². The molecule has 0 fully saturated rings. The lowest BCUT2D eigenvalue weighted by molar-refractivity contribution is 4.34. The van der Waals surface area contributed by atoms with Gasteiger partial charge in [0.05, 0.1) is 0 Å². The molecular weight excluding hydrogens is 1770 g/mol. The van der Waals surface area contributed by atoms with Crippen LogP contribution in [0.2, 0.25) is 0 Å². The number of hydrogen-bond donors (Lipinski definition) is 0. The van der Waals surface area contributed by atoms with Gasteiger partial charge in [0.2, 0.25) is 0 Å². The quantitative estimate of drug-likeness (QED) is 0.0719. The van der Waals surface area contributed by atoms with E-state index >= 15 is 0 Å². The maximum atomic E-state index is 4.48. The summed E-state index contributed by atoms with van der Waals surface area (Å²) in [6.45, 7) is -6.45. The summed E-state index contributed by atoms with van der Waals surface area (Å²) in [5.41, 5.74) is 0. The van der Waals surface area contributed by atoms with Crippen molar-refractivity contribution in [2.75, 3.05) is 0 Å². The largest absolute Gasteiger partial charge is 0.553 e. The highest BCUT2D eigenvalue weighted by molar-refractivity contribution is 9.53. The molecule has 0 aromatic rings. The minimum atomic E-state index is -0.426. The van der Waals surface area contributed by atoms with Crippen LogP contribution in [0.4, 0.5) is 0 Å². The van der Waals surface area contributed by atoms with Gasteiger partial charge in [-0.1, -0.05) is 0 Å². The fraction of sp³-hybridized carbons (Fsp3) is 0. The van der Waals surface area contributed by atoms with E-state index in [0.29, 0.717) is 0 Å². The van der Waals surface area contributed by atoms with E-state index in [4.69, 9.17) is 0 Å². The van der Waals surface area contributed by atoms with Gasteiger partial charge in [0.1, 0.15) is 0 Å². The Morgan fingerprint density at radius 2 is 0.333 bits per heavy atom. The first-order valence-electron chi connectivity index (χ1n) is 12.8. The molecule has 30 atom stereocenters. The van der Waals surface area contributed by atoms with Gasteiger partial charge in [-0.25, -0.2) is 0 Å². The van der Waals surface area contributed by atoms with Crippen molar-refractivity contribution in [3.63, 3.8) is 0 Å². The maximum absolute atomic E-state index is 4.48. The molecule has 0 aliphatic carbocycles. The zero-order valence-electron chi connectivity index (χ0n) is 29.1. The summed E-state index contributed by atoms with van der Waals surface area (Å²) >= 11 is 0. The first-order valence-corrected chi connectivity index (χ1v) is 116. The highest BCUT2D eigenvalue weighted by atomic mass is 33.6. The lowest BCUT2D eigenvalue weighted by atomic mass is 28.4.